The fourth-order valence-corrected chi connectivity index (χ4v) is 2.62. The van der Waals surface area contributed by atoms with Gasteiger partial charge in [0, 0.05) is 36.6 Å². The van der Waals surface area contributed by atoms with Crippen LogP contribution < -0.4 is 10.1 Å². The van der Waals surface area contributed by atoms with E-state index in [9.17, 15) is 14.3 Å². The van der Waals surface area contributed by atoms with Crippen molar-refractivity contribution in [3.8, 4) is 17.1 Å². The molecule has 1 unspecified atom stereocenters. The molecule has 3 aromatic rings. The third kappa shape index (κ3) is 4.02. The first-order chi connectivity index (χ1) is 13.0. The SMILES string of the molecule is COc1cc(-c2onc(NC(C)Cc3cnccn3)c2C(=O)O)ccc1F. The molecular formula is C18H17FN4O4. The van der Waals surface area contributed by atoms with Gasteiger partial charge in [-0.1, -0.05) is 5.16 Å². The van der Waals surface area contributed by atoms with E-state index in [2.05, 4.69) is 20.4 Å². The summed E-state index contributed by atoms with van der Waals surface area (Å²) in [5.74, 6) is -1.71. The Hall–Kier alpha value is -3.49. The Morgan fingerprint density at radius 2 is 2.22 bits per heavy atom. The van der Waals surface area contributed by atoms with Crippen LogP contribution in [-0.4, -0.2) is 39.4 Å². The van der Waals surface area contributed by atoms with Crippen molar-refractivity contribution in [1.29, 1.82) is 0 Å². The number of hydrogen-bond acceptors (Lipinski definition) is 7. The third-order valence-electron chi connectivity index (χ3n) is 3.83. The summed E-state index contributed by atoms with van der Waals surface area (Å²) >= 11 is 0. The molecule has 140 valence electrons. The topological polar surface area (TPSA) is 110 Å². The molecule has 3 rings (SSSR count). The molecule has 0 saturated carbocycles. The Kier molecular flexibility index (Phi) is 5.30. The molecule has 27 heavy (non-hydrogen) atoms. The summed E-state index contributed by atoms with van der Waals surface area (Å²) < 4.78 is 23.8. The second-order valence-corrected chi connectivity index (χ2v) is 5.84. The van der Waals surface area contributed by atoms with E-state index in [-0.39, 0.29) is 28.9 Å². The number of anilines is 1. The minimum Gasteiger partial charge on any atom is -0.494 e. The van der Waals surface area contributed by atoms with E-state index >= 15 is 0 Å². The van der Waals surface area contributed by atoms with Gasteiger partial charge in [0.2, 0.25) is 0 Å². The Labute approximate surface area is 154 Å². The van der Waals surface area contributed by atoms with Gasteiger partial charge >= 0.3 is 5.97 Å². The lowest BCUT2D eigenvalue weighted by Gasteiger charge is -2.12. The van der Waals surface area contributed by atoms with Gasteiger partial charge in [-0.05, 0) is 25.1 Å². The van der Waals surface area contributed by atoms with E-state index in [1.165, 1.54) is 25.3 Å². The number of nitrogens with one attached hydrogen (secondary N) is 1. The van der Waals surface area contributed by atoms with Gasteiger partial charge in [0.15, 0.2) is 28.7 Å². The molecule has 0 radical (unpaired) electrons. The number of carbonyl (C=O) groups is 1. The monoisotopic (exact) mass is 372 g/mol. The molecule has 1 aromatic carbocycles. The fourth-order valence-electron chi connectivity index (χ4n) is 2.62. The molecule has 0 bridgehead atoms. The van der Waals surface area contributed by atoms with Gasteiger partial charge in [-0.15, -0.1) is 0 Å². The van der Waals surface area contributed by atoms with Crippen molar-refractivity contribution >= 4 is 11.8 Å². The minimum absolute atomic E-state index is 0.00926. The van der Waals surface area contributed by atoms with Crippen LogP contribution >= 0.6 is 0 Å². The smallest absolute Gasteiger partial charge is 0.343 e. The molecule has 2 N–H and O–H groups in total. The third-order valence-corrected chi connectivity index (χ3v) is 3.83. The van der Waals surface area contributed by atoms with Gasteiger partial charge in [0.05, 0.1) is 12.8 Å². The van der Waals surface area contributed by atoms with Gasteiger partial charge in [0.25, 0.3) is 0 Å². The largest absolute Gasteiger partial charge is 0.494 e. The molecule has 0 amide bonds. The number of nitrogens with zero attached hydrogens (tertiary/aromatic N) is 3. The maximum absolute atomic E-state index is 13.6. The van der Waals surface area contributed by atoms with Gasteiger partial charge in [-0.25, -0.2) is 9.18 Å². The molecule has 9 heteroatoms. The van der Waals surface area contributed by atoms with Crippen LogP contribution in [0, 0.1) is 5.82 Å². The molecule has 0 aliphatic heterocycles. The van der Waals surface area contributed by atoms with Crippen molar-refractivity contribution in [2.45, 2.75) is 19.4 Å². The molecule has 1 atom stereocenters. The number of benzene rings is 1. The highest BCUT2D eigenvalue weighted by molar-refractivity contribution is 5.99. The van der Waals surface area contributed by atoms with Crippen LogP contribution in [0.25, 0.3) is 11.3 Å². The van der Waals surface area contributed by atoms with Crippen LogP contribution in [0.2, 0.25) is 0 Å². The van der Waals surface area contributed by atoms with Crippen LogP contribution in [-0.2, 0) is 6.42 Å². The zero-order valence-electron chi connectivity index (χ0n) is 14.6. The molecule has 0 fully saturated rings. The highest BCUT2D eigenvalue weighted by atomic mass is 19.1. The number of ether oxygens (including phenoxy) is 1. The normalized spacial score (nSPS) is 11.8. The van der Waals surface area contributed by atoms with Crippen molar-refractivity contribution in [3.05, 3.63) is 53.9 Å². The average Bonchev–Trinajstić information content (AvgIpc) is 3.06. The molecule has 8 nitrogen and oxygen atoms in total. The number of methoxy groups -OCH3 is 1. The molecule has 0 aliphatic carbocycles. The van der Waals surface area contributed by atoms with Gasteiger partial charge < -0.3 is 19.7 Å². The van der Waals surface area contributed by atoms with Crippen LogP contribution in [0.1, 0.15) is 23.0 Å². The van der Waals surface area contributed by atoms with Crippen LogP contribution in [0.15, 0.2) is 41.3 Å². The summed E-state index contributed by atoms with van der Waals surface area (Å²) in [6.07, 6.45) is 5.31. The quantitative estimate of drug-likeness (QED) is 0.651. The first-order valence-corrected chi connectivity index (χ1v) is 8.08. The van der Waals surface area contributed by atoms with Crippen LogP contribution in [0.4, 0.5) is 10.2 Å². The van der Waals surface area contributed by atoms with Crippen molar-refractivity contribution in [1.82, 2.24) is 15.1 Å². The Morgan fingerprint density at radius 1 is 1.41 bits per heavy atom. The fraction of sp³-hybridized carbons (Fsp3) is 0.222. The maximum Gasteiger partial charge on any atom is 0.343 e. The molecule has 2 heterocycles. The lowest BCUT2D eigenvalue weighted by Crippen LogP contribution is -2.20. The zero-order valence-corrected chi connectivity index (χ0v) is 14.6. The van der Waals surface area contributed by atoms with Crippen LogP contribution in [0.5, 0.6) is 5.75 Å². The number of halogens is 1. The summed E-state index contributed by atoms with van der Waals surface area (Å²) in [7, 11) is 1.32. The molecule has 0 aliphatic rings. The Morgan fingerprint density at radius 3 is 2.89 bits per heavy atom. The first kappa shape index (κ1) is 18.3. The predicted molar refractivity (Wildman–Crippen MR) is 94.2 cm³/mol. The summed E-state index contributed by atoms with van der Waals surface area (Å²) in [6.45, 7) is 1.86. The summed E-state index contributed by atoms with van der Waals surface area (Å²) in [4.78, 5) is 20.0. The second-order valence-electron chi connectivity index (χ2n) is 5.84. The van der Waals surface area contributed by atoms with Crippen molar-refractivity contribution in [2.75, 3.05) is 12.4 Å². The lowest BCUT2D eigenvalue weighted by atomic mass is 10.1. The minimum atomic E-state index is -1.22. The average molecular weight is 372 g/mol. The summed E-state index contributed by atoms with van der Waals surface area (Å²) in [5, 5.41) is 16.5. The molecule has 2 aromatic heterocycles. The zero-order chi connectivity index (χ0) is 19.4. The number of carboxylic acids is 1. The van der Waals surface area contributed by atoms with E-state index in [1.54, 1.807) is 18.6 Å². The van der Waals surface area contributed by atoms with Crippen molar-refractivity contribution in [3.63, 3.8) is 0 Å². The Balaban J connectivity index is 1.88. The van der Waals surface area contributed by atoms with Crippen molar-refractivity contribution in [2.24, 2.45) is 0 Å². The summed E-state index contributed by atoms with van der Waals surface area (Å²) in [6, 6.07) is 3.75. The molecule has 0 saturated heterocycles. The van der Waals surface area contributed by atoms with Crippen LogP contribution in [0.3, 0.4) is 0 Å². The number of aromatic carboxylic acids is 1. The van der Waals surface area contributed by atoms with E-state index in [0.717, 1.165) is 5.69 Å². The maximum atomic E-state index is 13.6. The van der Waals surface area contributed by atoms with Gasteiger partial charge in [0.1, 0.15) is 0 Å². The highest BCUT2D eigenvalue weighted by Gasteiger charge is 2.25. The predicted octanol–water partition coefficient (Wildman–Crippen LogP) is 3.02. The molecular weight excluding hydrogens is 355 g/mol. The van der Waals surface area contributed by atoms with Gasteiger partial charge in [-0.2, -0.15) is 0 Å². The number of carboxylic acid groups (broad SMARTS) is 1. The van der Waals surface area contributed by atoms with E-state index in [0.29, 0.717) is 12.0 Å². The standard InChI is InChI=1S/C18H17FN4O4/c1-10(7-12-9-20-5-6-21-12)22-17-15(18(24)25)16(27-23-17)11-3-4-13(19)14(8-11)26-2/h3-6,8-10H,7H2,1-2H3,(H,22,23)(H,24,25). The van der Waals surface area contributed by atoms with Crippen molar-refractivity contribution < 1.29 is 23.6 Å². The number of hydrogen-bond donors (Lipinski definition) is 2. The lowest BCUT2D eigenvalue weighted by molar-refractivity contribution is 0.0698. The number of rotatable bonds is 7. The van der Waals surface area contributed by atoms with E-state index in [4.69, 9.17) is 9.26 Å². The molecule has 0 spiro atoms. The Bertz CT molecular complexity index is 946. The first-order valence-electron chi connectivity index (χ1n) is 8.08. The van der Waals surface area contributed by atoms with Gasteiger partial charge in [-0.3, -0.25) is 9.97 Å². The van der Waals surface area contributed by atoms with E-state index < -0.39 is 11.8 Å². The second kappa shape index (κ2) is 7.81. The highest BCUT2D eigenvalue weighted by Crippen LogP contribution is 2.32. The number of aromatic nitrogens is 3. The summed E-state index contributed by atoms with van der Waals surface area (Å²) in [5.41, 5.74) is 0.948. The van der Waals surface area contributed by atoms with E-state index in [1.807, 2.05) is 6.92 Å².